The van der Waals surface area contributed by atoms with Crippen molar-refractivity contribution in [2.24, 2.45) is 5.92 Å². The molecule has 3 heteroatoms. The predicted molar refractivity (Wildman–Crippen MR) is 73.2 cm³/mol. The summed E-state index contributed by atoms with van der Waals surface area (Å²) in [6.45, 7) is 2.08. The normalized spacial score (nSPS) is 18.5. The van der Waals surface area contributed by atoms with Crippen molar-refractivity contribution in [3.63, 3.8) is 0 Å². The van der Waals surface area contributed by atoms with Crippen molar-refractivity contribution >= 4 is 18.5 Å². The van der Waals surface area contributed by atoms with Gasteiger partial charge in [-0.3, -0.25) is 4.79 Å². The van der Waals surface area contributed by atoms with Crippen molar-refractivity contribution in [3.8, 4) is 0 Å². The third-order valence-corrected chi connectivity index (χ3v) is 3.69. The van der Waals surface area contributed by atoms with Gasteiger partial charge in [-0.05, 0) is 37.7 Å². The molecule has 1 aliphatic rings. The summed E-state index contributed by atoms with van der Waals surface area (Å²) in [6, 6.07) is 10.3. The van der Waals surface area contributed by atoms with Crippen molar-refractivity contribution < 1.29 is 4.79 Å². The summed E-state index contributed by atoms with van der Waals surface area (Å²) in [6.07, 6.45) is 3.18. The molecule has 0 bridgehead atoms. The van der Waals surface area contributed by atoms with E-state index in [1.165, 1.54) is 12.8 Å². The number of nitrogens with one attached hydrogen (secondary N) is 1. The van der Waals surface area contributed by atoms with Gasteiger partial charge in [-0.15, -0.1) is 0 Å². The minimum atomic E-state index is -0.251. The van der Waals surface area contributed by atoms with Crippen molar-refractivity contribution in [1.29, 1.82) is 0 Å². The van der Waals surface area contributed by atoms with E-state index in [4.69, 9.17) is 0 Å². The smallest absolute Gasteiger partial charge is 0.233 e. The van der Waals surface area contributed by atoms with Crippen LogP contribution in [-0.4, -0.2) is 17.2 Å². The lowest BCUT2D eigenvalue weighted by atomic mass is 10.1. The zero-order valence-electron chi connectivity index (χ0n) is 10.1. The number of hydrogen-bond acceptors (Lipinski definition) is 2. The second kappa shape index (κ2) is 5.58. The largest absolute Gasteiger partial charge is 0.352 e. The number of carbonyl (C=O) groups excluding carboxylic acids is 1. The Bertz CT molecular complexity index is 375. The molecule has 1 amide bonds. The first kappa shape index (κ1) is 12.5. The number of amides is 1. The Morgan fingerprint density at radius 1 is 1.41 bits per heavy atom. The van der Waals surface area contributed by atoms with Crippen molar-refractivity contribution in [3.05, 3.63) is 35.9 Å². The maximum absolute atomic E-state index is 11.9. The molecule has 1 N–H and O–H groups in total. The zero-order chi connectivity index (χ0) is 12.3. The summed E-state index contributed by atoms with van der Waals surface area (Å²) in [5.41, 5.74) is 1.15. The highest BCUT2D eigenvalue weighted by Crippen LogP contribution is 2.32. The Balaban J connectivity index is 1.82. The number of thiol groups is 1. The standard InChI is InChI=1S/C14H19NOS/c1-10(12-7-8-12)15-14(16)13(17)9-11-5-3-2-4-6-11/h2-6,10,12-13,17H,7-9H2,1H3,(H,15,16). The fourth-order valence-electron chi connectivity index (χ4n) is 1.96. The molecular weight excluding hydrogens is 230 g/mol. The summed E-state index contributed by atoms with van der Waals surface area (Å²) >= 11 is 4.39. The van der Waals surface area contributed by atoms with E-state index in [0.717, 1.165) is 5.56 Å². The van der Waals surface area contributed by atoms with Crippen LogP contribution in [0.5, 0.6) is 0 Å². The van der Waals surface area contributed by atoms with E-state index < -0.39 is 0 Å². The molecule has 1 aromatic rings. The Labute approximate surface area is 108 Å². The summed E-state index contributed by atoms with van der Waals surface area (Å²) in [4.78, 5) is 11.9. The van der Waals surface area contributed by atoms with Crippen molar-refractivity contribution in [2.45, 2.75) is 37.5 Å². The van der Waals surface area contributed by atoms with Crippen molar-refractivity contribution in [1.82, 2.24) is 5.32 Å². The zero-order valence-corrected chi connectivity index (χ0v) is 11.0. The molecule has 0 radical (unpaired) electrons. The first-order valence-corrected chi connectivity index (χ1v) is 6.71. The second-order valence-corrected chi connectivity index (χ2v) is 5.46. The molecule has 1 aromatic carbocycles. The van der Waals surface area contributed by atoms with Gasteiger partial charge in [0, 0.05) is 6.04 Å². The fourth-order valence-corrected chi connectivity index (χ4v) is 2.25. The van der Waals surface area contributed by atoms with Gasteiger partial charge in [0.15, 0.2) is 0 Å². The maximum Gasteiger partial charge on any atom is 0.233 e. The molecule has 0 spiro atoms. The Morgan fingerprint density at radius 2 is 2.06 bits per heavy atom. The molecule has 2 atom stereocenters. The van der Waals surface area contributed by atoms with Crippen LogP contribution in [0.3, 0.4) is 0 Å². The van der Waals surface area contributed by atoms with Gasteiger partial charge in [0.25, 0.3) is 0 Å². The minimum absolute atomic E-state index is 0.0524. The summed E-state index contributed by atoms with van der Waals surface area (Å²) in [5, 5.41) is 2.80. The van der Waals surface area contributed by atoms with E-state index in [2.05, 4.69) is 24.9 Å². The van der Waals surface area contributed by atoms with Crippen LogP contribution in [0.2, 0.25) is 0 Å². The van der Waals surface area contributed by atoms with Crippen LogP contribution < -0.4 is 5.32 Å². The maximum atomic E-state index is 11.9. The lowest BCUT2D eigenvalue weighted by Crippen LogP contribution is -2.39. The minimum Gasteiger partial charge on any atom is -0.352 e. The van der Waals surface area contributed by atoms with Gasteiger partial charge in [-0.25, -0.2) is 0 Å². The topological polar surface area (TPSA) is 29.1 Å². The number of benzene rings is 1. The monoisotopic (exact) mass is 249 g/mol. The van der Waals surface area contributed by atoms with Crippen LogP contribution in [0, 0.1) is 5.92 Å². The molecule has 1 fully saturated rings. The van der Waals surface area contributed by atoms with Gasteiger partial charge < -0.3 is 5.32 Å². The molecule has 2 nitrogen and oxygen atoms in total. The van der Waals surface area contributed by atoms with Gasteiger partial charge in [0.05, 0.1) is 5.25 Å². The van der Waals surface area contributed by atoms with Gasteiger partial charge in [-0.1, -0.05) is 30.3 Å². The lowest BCUT2D eigenvalue weighted by Gasteiger charge is -2.16. The Hall–Kier alpha value is -0.960. The third-order valence-electron chi connectivity index (χ3n) is 3.27. The number of carbonyl (C=O) groups is 1. The molecule has 0 saturated heterocycles. The average Bonchev–Trinajstić information content (AvgIpc) is 3.14. The molecule has 0 aliphatic heterocycles. The van der Waals surface area contributed by atoms with Crippen LogP contribution in [0.25, 0.3) is 0 Å². The molecule has 2 unspecified atom stereocenters. The van der Waals surface area contributed by atoms with Crippen LogP contribution in [0.15, 0.2) is 30.3 Å². The van der Waals surface area contributed by atoms with Gasteiger partial charge in [-0.2, -0.15) is 12.6 Å². The molecule has 92 valence electrons. The summed E-state index contributed by atoms with van der Waals surface area (Å²) in [7, 11) is 0. The van der Waals surface area contributed by atoms with Gasteiger partial charge >= 0.3 is 0 Å². The fraction of sp³-hybridized carbons (Fsp3) is 0.500. The molecule has 2 rings (SSSR count). The van der Waals surface area contributed by atoms with Crippen LogP contribution in [0.1, 0.15) is 25.3 Å². The highest BCUT2D eigenvalue weighted by molar-refractivity contribution is 7.81. The van der Waals surface area contributed by atoms with Gasteiger partial charge in [0.1, 0.15) is 0 Å². The van der Waals surface area contributed by atoms with Crippen LogP contribution in [-0.2, 0) is 11.2 Å². The third kappa shape index (κ3) is 3.77. The van der Waals surface area contributed by atoms with E-state index in [1.807, 2.05) is 30.3 Å². The van der Waals surface area contributed by atoms with Crippen molar-refractivity contribution in [2.75, 3.05) is 0 Å². The molecular formula is C14H19NOS. The molecule has 17 heavy (non-hydrogen) atoms. The first-order chi connectivity index (χ1) is 8.16. The SMILES string of the molecule is CC(NC(=O)C(S)Cc1ccccc1)C1CC1. The van der Waals surface area contributed by atoms with Gasteiger partial charge in [0.2, 0.25) is 5.91 Å². The average molecular weight is 249 g/mol. The lowest BCUT2D eigenvalue weighted by molar-refractivity contribution is -0.121. The first-order valence-electron chi connectivity index (χ1n) is 6.19. The Morgan fingerprint density at radius 3 is 2.65 bits per heavy atom. The molecule has 0 aromatic heterocycles. The number of rotatable bonds is 5. The predicted octanol–water partition coefficient (Wildman–Crippen LogP) is 2.44. The molecule has 1 aliphatic carbocycles. The van der Waals surface area contributed by atoms with E-state index in [9.17, 15) is 4.79 Å². The van der Waals surface area contributed by atoms with E-state index >= 15 is 0 Å². The molecule has 0 heterocycles. The summed E-state index contributed by atoms with van der Waals surface area (Å²) < 4.78 is 0. The Kier molecular flexibility index (Phi) is 4.11. The van der Waals surface area contributed by atoms with E-state index in [0.29, 0.717) is 18.4 Å². The highest BCUT2D eigenvalue weighted by atomic mass is 32.1. The number of hydrogen-bond donors (Lipinski definition) is 2. The molecule has 1 saturated carbocycles. The van der Waals surface area contributed by atoms with Crippen LogP contribution >= 0.6 is 12.6 Å². The quantitative estimate of drug-likeness (QED) is 0.771. The van der Waals surface area contributed by atoms with E-state index in [-0.39, 0.29) is 11.2 Å². The highest BCUT2D eigenvalue weighted by Gasteiger charge is 2.29. The summed E-state index contributed by atoms with van der Waals surface area (Å²) in [5.74, 6) is 0.743. The second-order valence-electron chi connectivity index (χ2n) is 4.84. The van der Waals surface area contributed by atoms with E-state index in [1.54, 1.807) is 0 Å². The van der Waals surface area contributed by atoms with Crippen LogP contribution in [0.4, 0.5) is 0 Å².